The zero-order chi connectivity index (χ0) is 17.4. The van der Waals surface area contributed by atoms with Crippen LogP contribution in [-0.2, 0) is 14.3 Å². The van der Waals surface area contributed by atoms with E-state index in [4.69, 9.17) is 9.15 Å². The number of carbonyl (C=O) groups excluding carboxylic acids is 3. The number of hydrogen-bond donors (Lipinski definition) is 2. The maximum Gasteiger partial charge on any atom is 0.313 e. The molecule has 0 aliphatic rings. The van der Waals surface area contributed by atoms with Gasteiger partial charge in [-0.3, -0.25) is 25.2 Å². The van der Waals surface area contributed by atoms with Crippen LogP contribution >= 0.6 is 0 Å². The first kappa shape index (κ1) is 17.3. The lowest BCUT2D eigenvalue weighted by Crippen LogP contribution is -2.43. The van der Waals surface area contributed by atoms with Crippen molar-refractivity contribution in [3.8, 4) is 0 Å². The normalized spacial score (nSPS) is 11.4. The van der Waals surface area contributed by atoms with Crippen LogP contribution in [0.15, 0.2) is 53.1 Å². The van der Waals surface area contributed by atoms with Gasteiger partial charge in [-0.2, -0.15) is 0 Å². The van der Waals surface area contributed by atoms with Crippen molar-refractivity contribution in [2.24, 2.45) is 0 Å². The molecule has 24 heavy (non-hydrogen) atoms. The topological polar surface area (TPSA) is 97.6 Å². The van der Waals surface area contributed by atoms with Crippen LogP contribution in [0.4, 0.5) is 0 Å². The molecule has 2 N–H and O–H groups in total. The van der Waals surface area contributed by atoms with Gasteiger partial charge in [0.25, 0.3) is 5.91 Å². The molecule has 7 nitrogen and oxygen atoms in total. The molecular weight excluding hydrogens is 312 g/mol. The highest BCUT2D eigenvalue weighted by Gasteiger charge is 2.21. The van der Waals surface area contributed by atoms with Gasteiger partial charge in [0.1, 0.15) is 0 Å². The Hall–Kier alpha value is -3.09. The summed E-state index contributed by atoms with van der Waals surface area (Å²) >= 11 is 0. The third-order valence-electron chi connectivity index (χ3n) is 3.30. The third kappa shape index (κ3) is 4.70. The molecule has 0 aliphatic carbocycles. The van der Waals surface area contributed by atoms with E-state index in [1.165, 1.54) is 12.3 Å². The van der Waals surface area contributed by atoms with Crippen molar-refractivity contribution in [1.29, 1.82) is 0 Å². The van der Waals surface area contributed by atoms with E-state index in [0.717, 1.165) is 5.56 Å². The van der Waals surface area contributed by atoms with E-state index in [2.05, 4.69) is 10.9 Å². The lowest BCUT2D eigenvalue weighted by atomic mass is 9.97. The molecule has 2 amide bonds. The summed E-state index contributed by atoms with van der Waals surface area (Å²) in [6, 6.07) is 12.2. The summed E-state index contributed by atoms with van der Waals surface area (Å²) < 4.78 is 9.88. The van der Waals surface area contributed by atoms with Crippen LogP contribution in [-0.4, -0.2) is 24.4 Å². The van der Waals surface area contributed by atoms with E-state index in [9.17, 15) is 14.4 Å². The van der Waals surface area contributed by atoms with Gasteiger partial charge in [-0.05, 0) is 24.1 Å². The predicted molar refractivity (Wildman–Crippen MR) is 84.7 cm³/mol. The Balaban J connectivity index is 1.78. The third-order valence-corrected chi connectivity index (χ3v) is 3.30. The van der Waals surface area contributed by atoms with Crippen LogP contribution < -0.4 is 10.9 Å². The van der Waals surface area contributed by atoms with Crippen LogP contribution in [0.1, 0.15) is 35.4 Å². The number of amides is 2. The molecule has 0 bridgehead atoms. The monoisotopic (exact) mass is 330 g/mol. The first-order valence-electron chi connectivity index (χ1n) is 7.46. The van der Waals surface area contributed by atoms with E-state index < -0.39 is 30.3 Å². The Bertz CT molecular complexity index is 682. The largest absolute Gasteiger partial charge is 0.459 e. The summed E-state index contributed by atoms with van der Waals surface area (Å²) in [5.74, 6) is -2.11. The Morgan fingerprint density at radius 2 is 1.83 bits per heavy atom. The highest BCUT2D eigenvalue weighted by atomic mass is 16.5. The zero-order valence-corrected chi connectivity index (χ0v) is 13.2. The molecule has 2 rings (SSSR count). The molecule has 0 saturated heterocycles. The van der Waals surface area contributed by atoms with Crippen molar-refractivity contribution < 1.29 is 23.5 Å². The quantitative estimate of drug-likeness (QED) is 0.621. The number of hydrogen-bond acceptors (Lipinski definition) is 5. The van der Waals surface area contributed by atoms with E-state index in [0.29, 0.717) is 6.42 Å². The number of nitrogens with one attached hydrogen (secondary N) is 2. The summed E-state index contributed by atoms with van der Waals surface area (Å²) in [5, 5.41) is 0. The summed E-state index contributed by atoms with van der Waals surface area (Å²) in [4.78, 5) is 35.3. The first-order valence-corrected chi connectivity index (χ1v) is 7.46. The second kappa shape index (κ2) is 8.52. The van der Waals surface area contributed by atoms with Gasteiger partial charge in [0, 0.05) is 0 Å². The average molecular weight is 330 g/mol. The average Bonchev–Trinajstić information content (AvgIpc) is 3.14. The van der Waals surface area contributed by atoms with Gasteiger partial charge in [-0.1, -0.05) is 37.3 Å². The van der Waals surface area contributed by atoms with Gasteiger partial charge < -0.3 is 9.15 Å². The second-order valence-corrected chi connectivity index (χ2v) is 4.96. The van der Waals surface area contributed by atoms with Gasteiger partial charge in [0.2, 0.25) is 0 Å². The maximum absolute atomic E-state index is 12.1. The van der Waals surface area contributed by atoms with E-state index in [-0.39, 0.29) is 5.76 Å². The number of esters is 1. The van der Waals surface area contributed by atoms with Crippen LogP contribution in [0.2, 0.25) is 0 Å². The molecule has 1 atom stereocenters. The molecule has 1 aromatic heterocycles. The Morgan fingerprint density at radius 1 is 1.08 bits per heavy atom. The van der Waals surface area contributed by atoms with Gasteiger partial charge in [-0.15, -0.1) is 0 Å². The maximum atomic E-state index is 12.1. The zero-order valence-electron chi connectivity index (χ0n) is 13.2. The van der Waals surface area contributed by atoms with Crippen molar-refractivity contribution in [2.75, 3.05) is 6.61 Å². The van der Waals surface area contributed by atoms with Gasteiger partial charge in [-0.25, -0.2) is 0 Å². The fourth-order valence-electron chi connectivity index (χ4n) is 2.09. The SMILES string of the molecule is CC[C@H](C(=O)OCC(=O)NNC(=O)c1ccco1)c1ccccc1. The second-order valence-electron chi connectivity index (χ2n) is 4.96. The highest BCUT2D eigenvalue weighted by Crippen LogP contribution is 2.20. The molecule has 0 radical (unpaired) electrons. The van der Waals surface area contributed by atoms with Crippen LogP contribution in [0, 0.1) is 0 Å². The summed E-state index contributed by atoms with van der Waals surface area (Å²) in [6.07, 6.45) is 1.90. The van der Waals surface area contributed by atoms with Crippen molar-refractivity contribution in [3.05, 3.63) is 60.1 Å². The lowest BCUT2D eigenvalue weighted by Gasteiger charge is -2.14. The fourth-order valence-corrected chi connectivity index (χ4v) is 2.09. The number of hydrazine groups is 1. The molecule has 7 heteroatoms. The van der Waals surface area contributed by atoms with Crippen LogP contribution in [0.25, 0.3) is 0 Å². The molecule has 0 saturated carbocycles. The first-order chi connectivity index (χ1) is 11.6. The van der Waals surface area contributed by atoms with Crippen molar-refractivity contribution in [2.45, 2.75) is 19.3 Å². The smallest absolute Gasteiger partial charge is 0.313 e. The molecule has 1 aromatic carbocycles. The summed E-state index contributed by atoms with van der Waals surface area (Å²) in [6.45, 7) is 1.38. The minimum absolute atomic E-state index is 0.0578. The number of furan rings is 1. The number of carbonyl (C=O) groups is 3. The Kier molecular flexibility index (Phi) is 6.13. The van der Waals surface area contributed by atoms with E-state index in [1.807, 2.05) is 37.3 Å². The molecule has 0 aliphatic heterocycles. The molecule has 1 heterocycles. The van der Waals surface area contributed by atoms with Crippen molar-refractivity contribution >= 4 is 17.8 Å². The number of benzene rings is 1. The molecule has 2 aromatic rings. The molecule has 126 valence electrons. The number of ether oxygens (including phenoxy) is 1. The highest BCUT2D eigenvalue weighted by molar-refractivity contribution is 5.93. The Labute approximate surface area is 139 Å². The predicted octanol–water partition coefficient (Wildman–Crippen LogP) is 1.78. The van der Waals surface area contributed by atoms with Crippen LogP contribution in [0.5, 0.6) is 0 Å². The molecule has 0 unspecified atom stereocenters. The van der Waals surface area contributed by atoms with Crippen LogP contribution in [0.3, 0.4) is 0 Å². The Morgan fingerprint density at radius 3 is 2.46 bits per heavy atom. The standard InChI is InChI=1S/C17H18N2O5/c1-2-13(12-7-4-3-5-8-12)17(22)24-11-15(20)18-19-16(21)14-9-6-10-23-14/h3-10,13H,2,11H2,1H3,(H,18,20)(H,19,21)/t13-/m0/s1. The van der Waals surface area contributed by atoms with E-state index >= 15 is 0 Å². The summed E-state index contributed by atoms with van der Waals surface area (Å²) in [7, 11) is 0. The van der Waals surface area contributed by atoms with Gasteiger partial charge >= 0.3 is 11.9 Å². The van der Waals surface area contributed by atoms with Gasteiger partial charge in [0.15, 0.2) is 12.4 Å². The minimum Gasteiger partial charge on any atom is -0.459 e. The molecule has 0 spiro atoms. The minimum atomic E-state index is -0.647. The van der Waals surface area contributed by atoms with Crippen molar-refractivity contribution in [3.63, 3.8) is 0 Å². The fraction of sp³-hybridized carbons (Fsp3) is 0.235. The van der Waals surface area contributed by atoms with Crippen molar-refractivity contribution in [1.82, 2.24) is 10.9 Å². The summed E-state index contributed by atoms with van der Waals surface area (Å²) in [5.41, 5.74) is 5.14. The van der Waals surface area contributed by atoms with E-state index in [1.54, 1.807) is 6.07 Å². The lowest BCUT2D eigenvalue weighted by molar-refractivity contribution is -0.150. The molecular formula is C17H18N2O5. The van der Waals surface area contributed by atoms with Gasteiger partial charge in [0.05, 0.1) is 12.2 Å². The number of rotatable bonds is 6. The molecule has 0 fully saturated rings.